The molecule has 0 spiro atoms. The molecule has 0 heterocycles. The minimum atomic E-state index is -0.619. The van der Waals surface area contributed by atoms with Gasteiger partial charge in [-0.2, -0.15) is 11.8 Å². The van der Waals surface area contributed by atoms with Crippen molar-refractivity contribution in [3.8, 4) is 0 Å². The molecule has 16 heavy (non-hydrogen) atoms. The van der Waals surface area contributed by atoms with Gasteiger partial charge in [0.2, 0.25) is 0 Å². The highest BCUT2D eigenvalue weighted by atomic mass is 32.2. The average Bonchev–Trinajstić information content (AvgIpc) is 2.28. The predicted molar refractivity (Wildman–Crippen MR) is 63.6 cm³/mol. The van der Waals surface area contributed by atoms with Crippen molar-refractivity contribution < 1.29 is 19.1 Å². The fourth-order valence-electron chi connectivity index (χ4n) is 1.04. The Labute approximate surface area is 100 Å². The summed E-state index contributed by atoms with van der Waals surface area (Å²) < 4.78 is 9.31. The molecule has 0 aliphatic heterocycles. The van der Waals surface area contributed by atoms with Gasteiger partial charge < -0.3 is 14.8 Å². The van der Waals surface area contributed by atoms with Crippen molar-refractivity contribution >= 4 is 23.8 Å². The number of carbonyl (C=O) groups excluding carboxylic acids is 2. The number of thioether (sulfide) groups is 1. The third-order valence-corrected chi connectivity index (χ3v) is 2.74. The second-order valence-electron chi connectivity index (χ2n) is 2.93. The van der Waals surface area contributed by atoms with Gasteiger partial charge in [0.1, 0.15) is 6.04 Å². The number of ether oxygens (including phenoxy) is 2. The molecular weight excluding hydrogens is 230 g/mol. The van der Waals surface area contributed by atoms with Crippen LogP contribution in [0.5, 0.6) is 0 Å². The van der Waals surface area contributed by atoms with Crippen LogP contribution in [0.1, 0.15) is 20.3 Å². The first-order valence-corrected chi connectivity index (χ1v) is 6.40. The molecular formula is C10H19NO4S. The Balaban J connectivity index is 4.14. The Bertz CT molecular complexity index is 223. The maximum atomic E-state index is 11.5. The lowest BCUT2D eigenvalue weighted by Gasteiger charge is -2.15. The lowest BCUT2D eigenvalue weighted by Crippen LogP contribution is -2.42. The zero-order valence-corrected chi connectivity index (χ0v) is 10.8. The summed E-state index contributed by atoms with van der Waals surface area (Å²) in [5, 5.41) is 2.46. The van der Waals surface area contributed by atoms with E-state index in [1.165, 1.54) is 7.11 Å². The monoisotopic (exact) mass is 249 g/mol. The Hall–Kier alpha value is -0.910. The number of hydrogen-bond donors (Lipinski definition) is 1. The van der Waals surface area contributed by atoms with Gasteiger partial charge in [-0.3, -0.25) is 0 Å². The maximum absolute atomic E-state index is 11.5. The molecule has 1 N–H and O–H groups in total. The van der Waals surface area contributed by atoms with Gasteiger partial charge in [0, 0.05) is 0 Å². The molecule has 0 saturated carbocycles. The van der Waals surface area contributed by atoms with Gasteiger partial charge in [0.15, 0.2) is 0 Å². The van der Waals surface area contributed by atoms with Crippen LogP contribution >= 0.6 is 11.8 Å². The van der Waals surface area contributed by atoms with Crippen LogP contribution in [0.3, 0.4) is 0 Å². The van der Waals surface area contributed by atoms with Gasteiger partial charge in [-0.1, -0.05) is 6.92 Å². The Morgan fingerprint density at radius 2 is 2.06 bits per heavy atom. The van der Waals surface area contributed by atoms with E-state index in [2.05, 4.69) is 10.1 Å². The summed E-state index contributed by atoms with van der Waals surface area (Å²) in [4.78, 5) is 22.5. The summed E-state index contributed by atoms with van der Waals surface area (Å²) in [6, 6.07) is -0.619. The number of rotatable bonds is 7. The second-order valence-corrected chi connectivity index (χ2v) is 4.32. The SMILES string of the molecule is CCOC(=O)[C@H](CCSCC)NC(=O)OC. The lowest BCUT2D eigenvalue weighted by molar-refractivity contribution is -0.145. The van der Waals surface area contributed by atoms with E-state index in [0.717, 1.165) is 11.5 Å². The van der Waals surface area contributed by atoms with Gasteiger partial charge >= 0.3 is 12.1 Å². The van der Waals surface area contributed by atoms with Crippen LogP contribution in [0.15, 0.2) is 0 Å². The summed E-state index contributed by atoms with van der Waals surface area (Å²) in [5.74, 6) is 1.36. The largest absolute Gasteiger partial charge is 0.464 e. The smallest absolute Gasteiger partial charge is 0.407 e. The molecule has 0 aliphatic carbocycles. The van der Waals surface area contributed by atoms with Gasteiger partial charge in [-0.15, -0.1) is 0 Å². The minimum absolute atomic E-state index is 0.305. The van der Waals surface area contributed by atoms with Crippen LogP contribution in [0.25, 0.3) is 0 Å². The van der Waals surface area contributed by atoms with Crippen LogP contribution in [-0.2, 0) is 14.3 Å². The Morgan fingerprint density at radius 1 is 1.38 bits per heavy atom. The van der Waals surface area contributed by atoms with E-state index in [1.807, 2.05) is 6.92 Å². The predicted octanol–water partition coefficient (Wildman–Crippen LogP) is 1.42. The standard InChI is InChI=1S/C10H19NO4S/c1-4-15-9(12)8(6-7-16-5-2)11-10(13)14-3/h8H,4-7H2,1-3H3,(H,11,13)/t8-/m0/s1. The van der Waals surface area contributed by atoms with Crippen LogP contribution in [-0.4, -0.2) is 43.3 Å². The van der Waals surface area contributed by atoms with E-state index in [-0.39, 0.29) is 0 Å². The molecule has 0 unspecified atom stereocenters. The molecule has 0 fully saturated rings. The summed E-state index contributed by atoms with van der Waals surface area (Å²) in [6.45, 7) is 4.07. The van der Waals surface area contributed by atoms with Crippen LogP contribution in [0.2, 0.25) is 0 Å². The molecule has 0 bridgehead atoms. The highest BCUT2D eigenvalue weighted by Crippen LogP contribution is 2.06. The first-order chi connectivity index (χ1) is 7.65. The summed E-state index contributed by atoms with van der Waals surface area (Å²) in [6.07, 6.45) is -0.0635. The van der Waals surface area contributed by atoms with Crippen molar-refractivity contribution in [2.75, 3.05) is 25.2 Å². The number of alkyl carbamates (subject to hydrolysis) is 1. The van der Waals surface area contributed by atoms with Crippen molar-refractivity contribution in [2.45, 2.75) is 26.3 Å². The van der Waals surface area contributed by atoms with E-state index in [9.17, 15) is 9.59 Å². The van der Waals surface area contributed by atoms with Gasteiger partial charge in [-0.05, 0) is 24.9 Å². The zero-order chi connectivity index (χ0) is 12.4. The van der Waals surface area contributed by atoms with E-state index >= 15 is 0 Å². The van der Waals surface area contributed by atoms with Gasteiger partial charge in [0.05, 0.1) is 13.7 Å². The van der Waals surface area contributed by atoms with E-state index < -0.39 is 18.1 Å². The van der Waals surface area contributed by atoms with E-state index in [0.29, 0.717) is 13.0 Å². The first-order valence-electron chi connectivity index (χ1n) is 5.24. The molecule has 0 aromatic rings. The van der Waals surface area contributed by atoms with Crippen LogP contribution in [0, 0.1) is 0 Å². The van der Waals surface area contributed by atoms with Crippen molar-refractivity contribution in [3.63, 3.8) is 0 Å². The molecule has 1 atom stereocenters. The van der Waals surface area contributed by atoms with Crippen LogP contribution in [0.4, 0.5) is 4.79 Å². The average molecular weight is 249 g/mol. The molecule has 0 aromatic heterocycles. The number of nitrogens with one attached hydrogen (secondary N) is 1. The first kappa shape index (κ1) is 15.1. The fourth-order valence-corrected chi connectivity index (χ4v) is 1.73. The normalized spacial score (nSPS) is 11.7. The molecule has 94 valence electrons. The number of amides is 1. The summed E-state index contributed by atoms with van der Waals surface area (Å²) in [5.41, 5.74) is 0. The third kappa shape index (κ3) is 6.55. The number of carbonyl (C=O) groups is 2. The number of methoxy groups -OCH3 is 1. The number of hydrogen-bond acceptors (Lipinski definition) is 5. The molecule has 6 heteroatoms. The van der Waals surface area contributed by atoms with Gasteiger partial charge in [0.25, 0.3) is 0 Å². The zero-order valence-electron chi connectivity index (χ0n) is 9.95. The molecule has 5 nitrogen and oxygen atoms in total. The number of esters is 1. The highest BCUT2D eigenvalue weighted by Gasteiger charge is 2.21. The van der Waals surface area contributed by atoms with Crippen molar-refractivity contribution in [1.82, 2.24) is 5.32 Å². The molecule has 0 aliphatic rings. The molecule has 0 aromatic carbocycles. The van der Waals surface area contributed by atoms with E-state index in [1.54, 1.807) is 18.7 Å². The minimum Gasteiger partial charge on any atom is -0.464 e. The topological polar surface area (TPSA) is 64.6 Å². The lowest BCUT2D eigenvalue weighted by atomic mass is 10.2. The van der Waals surface area contributed by atoms with Crippen molar-refractivity contribution in [2.24, 2.45) is 0 Å². The van der Waals surface area contributed by atoms with Crippen molar-refractivity contribution in [3.05, 3.63) is 0 Å². The summed E-state index contributed by atoms with van der Waals surface area (Å²) in [7, 11) is 1.26. The Kier molecular flexibility index (Phi) is 8.80. The fraction of sp³-hybridized carbons (Fsp3) is 0.800. The maximum Gasteiger partial charge on any atom is 0.407 e. The Morgan fingerprint density at radius 3 is 2.56 bits per heavy atom. The quantitative estimate of drug-likeness (QED) is 0.546. The van der Waals surface area contributed by atoms with E-state index in [4.69, 9.17) is 4.74 Å². The molecule has 1 amide bonds. The third-order valence-electron chi connectivity index (χ3n) is 1.80. The van der Waals surface area contributed by atoms with Crippen LogP contribution < -0.4 is 5.32 Å². The second kappa shape index (κ2) is 9.33. The summed E-state index contributed by atoms with van der Waals surface area (Å²) >= 11 is 1.71. The van der Waals surface area contributed by atoms with Gasteiger partial charge in [-0.25, -0.2) is 9.59 Å². The molecule has 0 radical (unpaired) electrons. The molecule has 0 saturated heterocycles. The molecule has 0 rings (SSSR count). The highest BCUT2D eigenvalue weighted by molar-refractivity contribution is 7.99. The van der Waals surface area contributed by atoms with Crippen molar-refractivity contribution in [1.29, 1.82) is 0 Å².